The molecule has 0 atom stereocenters. The van der Waals surface area contributed by atoms with Crippen LogP contribution in [0.1, 0.15) is 5.56 Å². The second-order valence-electron chi connectivity index (χ2n) is 5.60. The van der Waals surface area contributed by atoms with Crippen LogP contribution in [0.5, 0.6) is 5.75 Å². The highest BCUT2D eigenvalue weighted by atomic mass is 16.5. The maximum atomic E-state index is 12.4. The van der Waals surface area contributed by atoms with Gasteiger partial charge in [-0.15, -0.1) is 0 Å². The molecule has 1 aliphatic rings. The summed E-state index contributed by atoms with van der Waals surface area (Å²) in [4.78, 5) is 38.1. The number of nitrogens with two attached hydrogens (primary N) is 1. The molecule has 3 N–H and O–H groups in total. The molecular formula is C16H22N4O4. The second-order valence-corrected chi connectivity index (χ2v) is 5.60. The molecule has 0 bridgehead atoms. The largest absolute Gasteiger partial charge is 0.497 e. The van der Waals surface area contributed by atoms with Crippen molar-refractivity contribution in [2.24, 2.45) is 5.73 Å². The third kappa shape index (κ3) is 5.24. The topological polar surface area (TPSA) is 105 Å². The number of methoxy groups -OCH3 is 1. The molecule has 1 saturated heterocycles. The molecule has 1 aromatic rings. The third-order valence-corrected chi connectivity index (χ3v) is 3.84. The number of benzene rings is 1. The van der Waals surface area contributed by atoms with Gasteiger partial charge in [0.15, 0.2) is 0 Å². The molecule has 0 radical (unpaired) electrons. The summed E-state index contributed by atoms with van der Waals surface area (Å²) in [6.07, 6.45) is 0.319. The maximum Gasteiger partial charge on any atom is 0.318 e. The SMILES string of the molecule is COc1cccc(CC(=O)N2CCN(CC(=O)NC(N)=O)CC2)c1. The molecule has 4 amide bonds. The minimum atomic E-state index is -0.855. The number of carbonyl (C=O) groups is 3. The Morgan fingerprint density at radius 2 is 1.92 bits per heavy atom. The fourth-order valence-electron chi connectivity index (χ4n) is 2.60. The van der Waals surface area contributed by atoms with Gasteiger partial charge >= 0.3 is 6.03 Å². The number of ether oxygens (including phenoxy) is 1. The summed E-state index contributed by atoms with van der Waals surface area (Å²) >= 11 is 0. The van der Waals surface area contributed by atoms with Crippen LogP contribution >= 0.6 is 0 Å². The van der Waals surface area contributed by atoms with Crippen molar-refractivity contribution in [3.63, 3.8) is 0 Å². The predicted octanol–water partition coefficient (Wildman–Crippen LogP) is -0.423. The highest BCUT2D eigenvalue weighted by Crippen LogP contribution is 2.14. The first-order chi connectivity index (χ1) is 11.5. The van der Waals surface area contributed by atoms with Gasteiger partial charge in [-0.05, 0) is 17.7 Å². The molecule has 24 heavy (non-hydrogen) atoms. The maximum absolute atomic E-state index is 12.4. The second kappa shape index (κ2) is 8.30. The minimum Gasteiger partial charge on any atom is -0.497 e. The van der Waals surface area contributed by atoms with Crippen LogP contribution in [0.4, 0.5) is 4.79 Å². The summed E-state index contributed by atoms with van der Waals surface area (Å²) in [6, 6.07) is 6.58. The van der Waals surface area contributed by atoms with Gasteiger partial charge in [-0.3, -0.25) is 19.8 Å². The normalized spacial score (nSPS) is 15.0. The van der Waals surface area contributed by atoms with Gasteiger partial charge < -0.3 is 15.4 Å². The van der Waals surface area contributed by atoms with Crippen molar-refractivity contribution in [1.82, 2.24) is 15.1 Å². The molecule has 130 valence electrons. The van der Waals surface area contributed by atoms with Gasteiger partial charge in [-0.25, -0.2) is 4.79 Å². The Morgan fingerprint density at radius 1 is 1.21 bits per heavy atom. The average Bonchev–Trinajstić information content (AvgIpc) is 2.54. The Balaban J connectivity index is 1.80. The van der Waals surface area contributed by atoms with Crippen LogP contribution in [0, 0.1) is 0 Å². The van der Waals surface area contributed by atoms with E-state index in [0.29, 0.717) is 32.6 Å². The fourth-order valence-corrected chi connectivity index (χ4v) is 2.60. The van der Waals surface area contributed by atoms with Gasteiger partial charge in [0.25, 0.3) is 0 Å². The first-order valence-electron chi connectivity index (χ1n) is 7.70. The summed E-state index contributed by atoms with van der Waals surface area (Å²) in [5.74, 6) is 0.341. The van der Waals surface area contributed by atoms with E-state index in [2.05, 4.69) is 0 Å². The van der Waals surface area contributed by atoms with Crippen LogP contribution in [0.3, 0.4) is 0 Å². The van der Waals surface area contributed by atoms with Gasteiger partial charge in [0, 0.05) is 26.2 Å². The highest BCUT2D eigenvalue weighted by Gasteiger charge is 2.22. The van der Waals surface area contributed by atoms with E-state index in [1.54, 1.807) is 12.0 Å². The first-order valence-corrected chi connectivity index (χ1v) is 7.70. The van der Waals surface area contributed by atoms with Crippen LogP contribution in [0.15, 0.2) is 24.3 Å². The van der Waals surface area contributed by atoms with E-state index in [9.17, 15) is 14.4 Å². The Hall–Kier alpha value is -2.61. The van der Waals surface area contributed by atoms with Crippen molar-refractivity contribution < 1.29 is 19.1 Å². The van der Waals surface area contributed by atoms with Crippen LogP contribution in [0.2, 0.25) is 0 Å². The Morgan fingerprint density at radius 3 is 2.54 bits per heavy atom. The lowest BCUT2D eigenvalue weighted by molar-refractivity contribution is -0.132. The van der Waals surface area contributed by atoms with Gasteiger partial charge in [0.1, 0.15) is 5.75 Å². The standard InChI is InChI=1S/C16H22N4O4/c1-24-13-4-2-3-12(9-13)10-15(22)20-7-5-19(6-8-20)11-14(21)18-16(17)23/h2-4,9H,5-8,10-11H2,1H3,(H3,17,18,21,23). The zero-order valence-electron chi connectivity index (χ0n) is 13.7. The van der Waals surface area contributed by atoms with E-state index in [1.807, 2.05) is 34.5 Å². The van der Waals surface area contributed by atoms with E-state index in [-0.39, 0.29) is 12.5 Å². The number of hydrogen-bond donors (Lipinski definition) is 2. The lowest BCUT2D eigenvalue weighted by Crippen LogP contribution is -2.52. The summed E-state index contributed by atoms with van der Waals surface area (Å²) in [5.41, 5.74) is 5.81. The van der Waals surface area contributed by atoms with Crippen molar-refractivity contribution in [3.05, 3.63) is 29.8 Å². The number of hydrogen-bond acceptors (Lipinski definition) is 5. The van der Waals surface area contributed by atoms with Crippen molar-refractivity contribution >= 4 is 17.8 Å². The summed E-state index contributed by atoms with van der Waals surface area (Å²) < 4.78 is 5.16. The Bertz CT molecular complexity index is 612. The van der Waals surface area contributed by atoms with Crippen molar-refractivity contribution in [2.45, 2.75) is 6.42 Å². The van der Waals surface area contributed by atoms with E-state index in [1.165, 1.54) is 0 Å². The molecule has 1 heterocycles. The van der Waals surface area contributed by atoms with E-state index in [0.717, 1.165) is 11.3 Å². The van der Waals surface area contributed by atoms with E-state index in [4.69, 9.17) is 10.5 Å². The molecule has 0 saturated carbocycles. The van der Waals surface area contributed by atoms with E-state index >= 15 is 0 Å². The van der Waals surface area contributed by atoms with Gasteiger partial charge in [-0.2, -0.15) is 0 Å². The number of piperazine rings is 1. The molecular weight excluding hydrogens is 312 g/mol. The molecule has 8 nitrogen and oxygen atoms in total. The predicted molar refractivity (Wildman–Crippen MR) is 87.4 cm³/mol. The molecule has 1 aromatic carbocycles. The van der Waals surface area contributed by atoms with Crippen LogP contribution in [0.25, 0.3) is 0 Å². The number of nitrogens with one attached hydrogen (secondary N) is 1. The lowest BCUT2D eigenvalue weighted by atomic mass is 10.1. The number of nitrogens with zero attached hydrogens (tertiary/aromatic N) is 2. The number of carbonyl (C=O) groups excluding carboxylic acids is 3. The van der Waals surface area contributed by atoms with Crippen LogP contribution in [-0.4, -0.2) is 67.5 Å². The van der Waals surface area contributed by atoms with Crippen molar-refractivity contribution in [2.75, 3.05) is 39.8 Å². The van der Waals surface area contributed by atoms with Crippen molar-refractivity contribution in [1.29, 1.82) is 0 Å². The van der Waals surface area contributed by atoms with Crippen LogP contribution in [-0.2, 0) is 16.0 Å². The monoisotopic (exact) mass is 334 g/mol. The number of primary amides is 1. The third-order valence-electron chi connectivity index (χ3n) is 3.84. The first kappa shape index (κ1) is 17.7. The molecule has 8 heteroatoms. The zero-order chi connectivity index (χ0) is 17.5. The number of urea groups is 1. The lowest BCUT2D eigenvalue weighted by Gasteiger charge is -2.34. The Kier molecular flexibility index (Phi) is 6.14. The molecule has 0 aromatic heterocycles. The van der Waals surface area contributed by atoms with Crippen LogP contribution < -0.4 is 15.8 Å². The molecule has 0 unspecified atom stereocenters. The van der Waals surface area contributed by atoms with Gasteiger partial charge in [-0.1, -0.05) is 12.1 Å². The average molecular weight is 334 g/mol. The fraction of sp³-hybridized carbons (Fsp3) is 0.438. The molecule has 0 spiro atoms. The number of imide groups is 1. The summed E-state index contributed by atoms with van der Waals surface area (Å²) in [6.45, 7) is 2.35. The minimum absolute atomic E-state index is 0.0458. The summed E-state index contributed by atoms with van der Waals surface area (Å²) in [5, 5.41) is 2.03. The number of amides is 4. The quantitative estimate of drug-likeness (QED) is 0.761. The van der Waals surface area contributed by atoms with Gasteiger partial charge in [0.2, 0.25) is 11.8 Å². The highest BCUT2D eigenvalue weighted by molar-refractivity contribution is 5.94. The number of rotatable bonds is 5. The van der Waals surface area contributed by atoms with Crippen molar-refractivity contribution in [3.8, 4) is 5.75 Å². The molecule has 1 fully saturated rings. The van der Waals surface area contributed by atoms with E-state index < -0.39 is 11.9 Å². The smallest absolute Gasteiger partial charge is 0.318 e. The zero-order valence-corrected chi connectivity index (χ0v) is 13.7. The summed E-state index contributed by atoms with van der Waals surface area (Å²) in [7, 11) is 1.59. The molecule has 2 rings (SSSR count). The molecule has 0 aliphatic carbocycles. The van der Waals surface area contributed by atoms with Gasteiger partial charge in [0.05, 0.1) is 20.1 Å². The Labute approximate surface area is 140 Å². The molecule has 1 aliphatic heterocycles.